The van der Waals surface area contributed by atoms with Crippen molar-refractivity contribution < 1.29 is 14.3 Å². The largest absolute Gasteiger partial charge is 0.493 e. The molecule has 0 fully saturated rings. The van der Waals surface area contributed by atoms with Crippen LogP contribution in [0.15, 0.2) is 54.6 Å². The summed E-state index contributed by atoms with van der Waals surface area (Å²) >= 11 is 6.82. The molecule has 0 bridgehead atoms. The summed E-state index contributed by atoms with van der Waals surface area (Å²) in [6, 6.07) is 17.0. The zero-order chi connectivity index (χ0) is 23.2. The molecule has 4 rings (SSSR count). The van der Waals surface area contributed by atoms with Crippen molar-refractivity contribution in [3.05, 3.63) is 81.7 Å². The monoisotopic (exact) mass is 479 g/mol. The predicted molar refractivity (Wildman–Crippen MR) is 135 cm³/mol. The minimum absolute atomic E-state index is 0.122. The highest BCUT2D eigenvalue weighted by molar-refractivity contribution is 7.80. The smallest absolute Gasteiger partial charge is 0.257 e. The number of carbonyl (C=O) groups is 2. The maximum atomic E-state index is 12.7. The Hall–Kier alpha value is -3.23. The molecule has 170 valence electrons. The highest BCUT2D eigenvalue weighted by Gasteiger charge is 2.24. The van der Waals surface area contributed by atoms with Crippen molar-refractivity contribution in [2.24, 2.45) is 5.73 Å². The molecule has 0 saturated heterocycles. The molecular weight excluding hydrogens is 454 g/mol. The van der Waals surface area contributed by atoms with Gasteiger partial charge in [-0.1, -0.05) is 36.4 Å². The SMILES string of the molecule is NC(=O)c1c(NC(=S)NC(=O)c2cccc(OCCc3ccccc3)c2)sc2c1CCCC2. The van der Waals surface area contributed by atoms with Crippen LogP contribution in [0.5, 0.6) is 5.75 Å². The first-order valence-electron chi connectivity index (χ1n) is 10.8. The van der Waals surface area contributed by atoms with Gasteiger partial charge in [0.2, 0.25) is 0 Å². The van der Waals surface area contributed by atoms with Crippen molar-refractivity contribution in [1.29, 1.82) is 0 Å². The van der Waals surface area contributed by atoms with Crippen LogP contribution in [-0.4, -0.2) is 23.5 Å². The van der Waals surface area contributed by atoms with Crippen LogP contribution in [0, 0.1) is 0 Å². The molecule has 1 heterocycles. The lowest BCUT2D eigenvalue weighted by Gasteiger charge is -2.12. The number of amides is 2. The summed E-state index contributed by atoms with van der Waals surface area (Å²) in [6.07, 6.45) is 4.67. The molecule has 3 aromatic rings. The maximum Gasteiger partial charge on any atom is 0.257 e. The minimum atomic E-state index is -0.480. The second kappa shape index (κ2) is 10.6. The molecule has 4 N–H and O–H groups in total. The van der Waals surface area contributed by atoms with Crippen molar-refractivity contribution >= 4 is 45.5 Å². The fraction of sp³-hybridized carbons (Fsp3) is 0.240. The second-order valence-electron chi connectivity index (χ2n) is 7.80. The molecular formula is C25H25N3O3S2. The summed E-state index contributed by atoms with van der Waals surface area (Å²) in [7, 11) is 0. The number of aryl methyl sites for hydroxylation is 1. The molecule has 0 unspecified atom stereocenters. The van der Waals surface area contributed by atoms with E-state index in [2.05, 4.69) is 22.8 Å². The summed E-state index contributed by atoms with van der Waals surface area (Å²) in [6.45, 7) is 0.508. The van der Waals surface area contributed by atoms with E-state index in [0.29, 0.717) is 28.5 Å². The van der Waals surface area contributed by atoms with Gasteiger partial charge in [-0.25, -0.2) is 0 Å². The van der Waals surface area contributed by atoms with Crippen LogP contribution in [0.25, 0.3) is 0 Å². The molecule has 1 aliphatic rings. The van der Waals surface area contributed by atoms with Gasteiger partial charge in [-0.3, -0.25) is 14.9 Å². The normalized spacial score (nSPS) is 12.5. The maximum absolute atomic E-state index is 12.7. The highest BCUT2D eigenvalue weighted by atomic mass is 32.1. The number of benzene rings is 2. The lowest BCUT2D eigenvalue weighted by Crippen LogP contribution is -2.34. The van der Waals surface area contributed by atoms with E-state index in [1.165, 1.54) is 16.9 Å². The van der Waals surface area contributed by atoms with Gasteiger partial charge < -0.3 is 15.8 Å². The first-order chi connectivity index (χ1) is 16.0. The Labute approximate surface area is 202 Å². The van der Waals surface area contributed by atoms with E-state index < -0.39 is 5.91 Å². The van der Waals surface area contributed by atoms with E-state index in [9.17, 15) is 9.59 Å². The first kappa shape index (κ1) is 22.9. The Morgan fingerprint density at radius 2 is 1.85 bits per heavy atom. The molecule has 0 aliphatic heterocycles. The molecule has 0 radical (unpaired) electrons. The molecule has 0 saturated carbocycles. The number of thiocarbonyl (C=S) groups is 1. The molecule has 2 amide bonds. The lowest BCUT2D eigenvalue weighted by atomic mass is 9.95. The van der Waals surface area contributed by atoms with Gasteiger partial charge in [0.15, 0.2) is 5.11 Å². The number of nitrogens with two attached hydrogens (primary N) is 1. The van der Waals surface area contributed by atoms with E-state index in [-0.39, 0.29) is 11.0 Å². The van der Waals surface area contributed by atoms with Crippen LogP contribution in [0.2, 0.25) is 0 Å². The van der Waals surface area contributed by atoms with Gasteiger partial charge in [-0.15, -0.1) is 11.3 Å². The van der Waals surface area contributed by atoms with Crippen molar-refractivity contribution in [3.63, 3.8) is 0 Å². The number of hydrogen-bond donors (Lipinski definition) is 3. The van der Waals surface area contributed by atoms with Crippen molar-refractivity contribution in [1.82, 2.24) is 5.32 Å². The Morgan fingerprint density at radius 1 is 1.06 bits per heavy atom. The summed E-state index contributed by atoms with van der Waals surface area (Å²) < 4.78 is 5.81. The topological polar surface area (TPSA) is 93.5 Å². The minimum Gasteiger partial charge on any atom is -0.493 e. The van der Waals surface area contributed by atoms with Gasteiger partial charge in [-0.2, -0.15) is 0 Å². The van der Waals surface area contributed by atoms with Crippen LogP contribution in [-0.2, 0) is 19.3 Å². The third-order valence-corrected chi connectivity index (χ3v) is 6.88. The number of primary amides is 1. The number of thiophene rings is 1. The lowest BCUT2D eigenvalue weighted by molar-refractivity contribution is 0.0975. The number of nitrogens with one attached hydrogen (secondary N) is 2. The van der Waals surface area contributed by atoms with Crippen LogP contribution < -0.4 is 21.1 Å². The number of rotatable bonds is 7. The fourth-order valence-electron chi connectivity index (χ4n) is 3.88. The molecule has 0 atom stereocenters. The fourth-order valence-corrected chi connectivity index (χ4v) is 5.44. The Balaban J connectivity index is 1.36. The Bertz CT molecular complexity index is 1170. The molecule has 6 nitrogen and oxygen atoms in total. The van der Waals surface area contributed by atoms with Gasteiger partial charge in [-0.05, 0) is 67.2 Å². The highest BCUT2D eigenvalue weighted by Crippen LogP contribution is 2.37. The number of fused-ring (bicyclic) bond motifs is 1. The van der Waals surface area contributed by atoms with Crippen LogP contribution in [0.1, 0.15) is 49.6 Å². The third-order valence-electron chi connectivity index (χ3n) is 5.47. The Morgan fingerprint density at radius 3 is 2.64 bits per heavy atom. The van der Waals surface area contributed by atoms with Crippen LogP contribution in [0.4, 0.5) is 5.00 Å². The van der Waals surface area contributed by atoms with Gasteiger partial charge in [0, 0.05) is 16.9 Å². The number of ether oxygens (including phenoxy) is 1. The molecule has 0 spiro atoms. The standard InChI is InChI=1S/C25H25N3O3S2/c26-22(29)21-19-11-4-5-12-20(19)33-24(21)28-25(32)27-23(30)17-9-6-10-18(15-17)31-14-13-16-7-2-1-3-8-16/h1-3,6-10,15H,4-5,11-14H2,(H2,26,29)(H2,27,28,30,32). The zero-order valence-corrected chi connectivity index (χ0v) is 19.7. The van der Waals surface area contributed by atoms with Crippen LogP contribution >= 0.6 is 23.6 Å². The molecule has 1 aromatic heterocycles. The second-order valence-corrected chi connectivity index (χ2v) is 9.31. The Kier molecular flexibility index (Phi) is 7.36. The number of anilines is 1. The molecule has 33 heavy (non-hydrogen) atoms. The third kappa shape index (κ3) is 5.77. The van der Waals surface area contributed by atoms with Crippen LogP contribution in [0.3, 0.4) is 0 Å². The summed E-state index contributed by atoms with van der Waals surface area (Å²) in [4.78, 5) is 25.9. The van der Waals surface area contributed by atoms with E-state index in [0.717, 1.165) is 42.5 Å². The average Bonchev–Trinajstić information content (AvgIpc) is 3.18. The summed E-state index contributed by atoms with van der Waals surface area (Å²) in [5.41, 5.74) is 8.74. The van der Waals surface area contributed by atoms with Crippen molar-refractivity contribution in [3.8, 4) is 5.75 Å². The summed E-state index contributed by atoms with van der Waals surface area (Å²) in [5.74, 6) is -0.228. The van der Waals surface area contributed by atoms with Gasteiger partial charge in [0.1, 0.15) is 10.8 Å². The summed E-state index contributed by atoms with van der Waals surface area (Å²) in [5, 5.41) is 6.40. The zero-order valence-electron chi connectivity index (χ0n) is 18.1. The van der Waals surface area contributed by atoms with E-state index in [1.54, 1.807) is 18.2 Å². The number of carbonyl (C=O) groups excluding carboxylic acids is 2. The van der Waals surface area contributed by atoms with E-state index in [4.69, 9.17) is 22.7 Å². The first-order valence-corrected chi connectivity index (χ1v) is 12.1. The molecule has 8 heteroatoms. The van der Waals surface area contributed by atoms with Gasteiger partial charge in [0.25, 0.3) is 11.8 Å². The molecule has 1 aliphatic carbocycles. The average molecular weight is 480 g/mol. The quantitative estimate of drug-likeness (QED) is 0.435. The predicted octanol–water partition coefficient (Wildman–Crippen LogP) is 4.47. The molecule has 2 aromatic carbocycles. The van der Waals surface area contributed by atoms with Gasteiger partial charge in [0.05, 0.1) is 12.2 Å². The van der Waals surface area contributed by atoms with Crippen molar-refractivity contribution in [2.45, 2.75) is 32.1 Å². The number of hydrogen-bond acceptors (Lipinski definition) is 5. The van der Waals surface area contributed by atoms with E-state index in [1.807, 2.05) is 24.3 Å². The van der Waals surface area contributed by atoms with Gasteiger partial charge >= 0.3 is 0 Å². The van der Waals surface area contributed by atoms with Crippen molar-refractivity contribution in [2.75, 3.05) is 11.9 Å². The van der Waals surface area contributed by atoms with E-state index >= 15 is 0 Å².